The summed E-state index contributed by atoms with van der Waals surface area (Å²) in [5.41, 5.74) is 3.98. The van der Waals surface area contributed by atoms with Gasteiger partial charge in [0.15, 0.2) is 0 Å². The number of hydrogen-bond donors (Lipinski definition) is 2. The van der Waals surface area contributed by atoms with E-state index >= 15 is 0 Å². The molecule has 3 N–H and O–H groups in total. The second-order valence-corrected chi connectivity index (χ2v) is 6.78. The van der Waals surface area contributed by atoms with Gasteiger partial charge in [0.2, 0.25) is 5.82 Å². The largest absolute Gasteiger partial charge is 0.433 e. The van der Waals surface area contributed by atoms with E-state index in [1.54, 1.807) is 6.07 Å². The number of hydrogen-bond acceptors (Lipinski definition) is 6. The fraction of sp³-hybridized carbons (Fsp3) is 0.200. The van der Waals surface area contributed by atoms with Crippen molar-refractivity contribution in [2.45, 2.75) is 19.1 Å². The number of fused-ring (bicyclic) bond motifs is 1. The number of aromatic nitrogens is 3. The maximum atomic E-state index is 12.8. The molecule has 1 aliphatic rings. The van der Waals surface area contributed by atoms with Crippen LogP contribution in [0, 0.1) is 0 Å². The molecule has 0 spiro atoms. The zero-order valence-electron chi connectivity index (χ0n) is 15.6. The van der Waals surface area contributed by atoms with Crippen molar-refractivity contribution in [2.24, 2.45) is 5.84 Å². The second kappa shape index (κ2) is 7.71. The van der Waals surface area contributed by atoms with Crippen LogP contribution in [0.1, 0.15) is 27.4 Å². The first kappa shape index (κ1) is 19.8. The molecule has 1 aliphatic heterocycles. The Morgan fingerprint density at radius 3 is 2.53 bits per heavy atom. The highest BCUT2D eigenvalue weighted by atomic mass is 19.4. The lowest BCUT2D eigenvalue weighted by atomic mass is 10.00. The van der Waals surface area contributed by atoms with Gasteiger partial charge in [-0.25, -0.2) is 15.8 Å². The molecule has 7 nitrogen and oxygen atoms in total. The molecule has 4 rings (SSSR count). The lowest BCUT2D eigenvalue weighted by Crippen LogP contribution is -2.34. The van der Waals surface area contributed by atoms with E-state index in [9.17, 15) is 18.0 Å². The molecule has 0 saturated carbocycles. The molecule has 0 unspecified atom stereocenters. The van der Waals surface area contributed by atoms with Crippen molar-refractivity contribution >= 4 is 11.7 Å². The Bertz CT molecular complexity index is 1080. The number of nitrogen functional groups attached to an aromatic ring is 1. The number of nitrogens with one attached hydrogen (secondary N) is 1. The van der Waals surface area contributed by atoms with Crippen LogP contribution >= 0.6 is 0 Å². The van der Waals surface area contributed by atoms with Crippen LogP contribution in [0.3, 0.4) is 0 Å². The molecular formula is C20H17F3N6O. The summed E-state index contributed by atoms with van der Waals surface area (Å²) >= 11 is 0. The molecule has 3 aromatic rings. The highest BCUT2D eigenvalue weighted by Crippen LogP contribution is 2.30. The van der Waals surface area contributed by atoms with Crippen LogP contribution in [0.5, 0.6) is 0 Å². The summed E-state index contributed by atoms with van der Waals surface area (Å²) in [5, 5.41) is 0. The zero-order chi connectivity index (χ0) is 21.3. The predicted octanol–water partition coefficient (Wildman–Crippen LogP) is 2.72. The third kappa shape index (κ3) is 3.94. The normalized spacial score (nSPS) is 13.7. The number of nitrogens with two attached hydrogens (primary N) is 1. The topological polar surface area (TPSA) is 97.0 Å². The molecule has 3 heterocycles. The molecule has 1 amide bonds. The Kier molecular flexibility index (Phi) is 5.08. The van der Waals surface area contributed by atoms with Gasteiger partial charge in [0.05, 0.1) is 5.69 Å². The summed E-state index contributed by atoms with van der Waals surface area (Å²) < 4.78 is 38.4. The van der Waals surface area contributed by atoms with E-state index in [0.717, 1.165) is 24.2 Å². The van der Waals surface area contributed by atoms with Gasteiger partial charge in [-0.2, -0.15) is 13.2 Å². The van der Waals surface area contributed by atoms with Crippen LogP contribution in [-0.4, -0.2) is 27.4 Å². The molecule has 0 radical (unpaired) electrons. The van der Waals surface area contributed by atoms with Crippen molar-refractivity contribution in [3.05, 3.63) is 71.3 Å². The molecule has 0 atom stereocenters. The number of amides is 1. The average molecular weight is 414 g/mol. The van der Waals surface area contributed by atoms with E-state index in [-0.39, 0.29) is 11.5 Å². The fourth-order valence-corrected chi connectivity index (χ4v) is 3.31. The minimum atomic E-state index is -4.54. The predicted molar refractivity (Wildman–Crippen MR) is 103 cm³/mol. The minimum absolute atomic E-state index is 0.177. The average Bonchev–Trinajstić information content (AvgIpc) is 2.77. The van der Waals surface area contributed by atoms with Crippen LogP contribution in [0.25, 0.3) is 11.3 Å². The number of alkyl halides is 3. The summed E-state index contributed by atoms with van der Waals surface area (Å²) in [7, 11) is 0. The summed E-state index contributed by atoms with van der Waals surface area (Å²) in [6.07, 6.45) is -2.67. The van der Waals surface area contributed by atoms with Gasteiger partial charge in [0.1, 0.15) is 11.5 Å². The number of halogens is 3. The van der Waals surface area contributed by atoms with E-state index in [2.05, 4.69) is 21.0 Å². The van der Waals surface area contributed by atoms with Gasteiger partial charge in [-0.05, 0) is 29.7 Å². The van der Waals surface area contributed by atoms with Gasteiger partial charge in [-0.1, -0.05) is 24.3 Å². The Morgan fingerprint density at radius 2 is 1.87 bits per heavy atom. The van der Waals surface area contributed by atoms with Gasteiger partial charge in [-0.3, -0.25) is 15.2 Å². The molecule has 0 saturated heterocycles. The summed E-state index contributed by atoms with van der Waals surface area (Å²) in [6.45, 7) is 1.25. The number of nitrogens with zero attached hydrogens (tertiary/aromatic N) is 4. The number of anilines is 1. The maximum Gasteiger partial charge on any atom is 0.433 e. The third-order valence-electron chi connectivity index (χ3n) is 4.85. The quantitative estimate of drug-likeness (QED) is 0.389. The number of pyridine rings is 1. The van der Waals surface area contributed by atoms with Gasteiger partial charge in [-0.15, -0.1) is 0 Å². The van der Waals surface area contributed by atoms with Crippen LogP contribution in [0.2, 0.25) is 0 Å². The molecule has 0 aliphatic carbocycles. The first-order valence-electron chi connectivity index (χ1n) is 9.10. The summed E-state index contributed by atoms with van der Waals surface area (Å²) in [6, 6.07) is 11.8. The molecule has 2 aromatic heterocycles. The van der Waals surface area contributed by atoms with Gasteiger partial charge < -0.3 is 4.90 Å². The Balaban J connectivity index is 1.72. The Morgan fingerprint density at radius 1 is 1.10 bits per heavy atom. The van der Waals surface area contributed by atoms with Gasteiger partial charge in [0.25, 0.3) is 0 Å². The minimum Gasteiger partial charge on any atom is -0.352 e. The number of carbonyl (C=O) groups excluding carboxylic acids is 1. The standard InChI is InChI=1S/C20H17F3N6O/c21-20(22,23)16-6-5-13(10-25-16)15-9-17(27-18(26-15)19(30)28-24)29-8-7-12-3-1-2-4-14(12)11-29/h1-6,9-10H,7-8,11,24H2,(H,28,30). The molecule has 10 heteroatoms. The Labute approximate surface area is 169 Å². The maximum absolute atomic E-state index is 12.8. The van der Waals surface area contributed by atoms with Crippen molar-refractivity contribution < 1.29 is 18.0 Å². The highest BCUT2D eigenvalue weighted by molar-refractivity contribution is 5.91. The smallest absolute Gasteiger partial charge is 0.352 e. The lowest BCUT2D eigenvalue weighted by molar-refractivity contribution is -0.141. The van der Waals surface area contributed by atoms with E-state index in [4.69, 9.17) is 5.84 Å². The van der Waals surface area contributed by atoms with Crippen molar-refractivity contribution in [2.75, 3.05) is 11.4 Å². The monoisotopic (exact) mass is 414 g/mol. The highest BCUT2D eigenvalue weighted by Gasteiger charge is 2.32. The van der Waals surface area contributed by atoms with E-state index in [1.807, 2.05) is 28.5 Å². The van der Waals surface area contributed by atoms with E-state index < -0.39 is 17.8 Å². The fourth-order valence-electron chi connectivity index (χ4n) is 3.31. The second-order valence-electron chi connectivity index (χ2n) is 6.78. The number of benzene rings is 1. The molecule has 30 heavy (non-hydrogen) atoms. The zero-order valence-corrected chi connectivity index (χ0v) is 15.6. The van der Waals surface area contributed by atoms with E-state index in [1.165, 1.54) is 11.6 Å². The Hall–Kier alpha value is -3.53. The first-order chi connectivity index (χ1) is 14.3. The van der Waals surface area contributed by atoms with Crippen molar-refractivity contribution in [3.8, 4) is 11.3 Å². The number of hydrazine groups is 1. The van der Waals surface area contributed by atoms with E-state index in [0.29, 0.717) is 24.5 Å². The number of rotatable bonds is 3. The third-order valence-corrected chi connectivity index (χ3v) is 4.85. The van der Waals surface area contributed by atoms with Crippen LogP contribution < -0.4 is 16.2 Å². The van der Waals surface area contributed by atoms with Gasteiger partial charge in [0, 0.05) is 30.9 Å². The van der Waals surface area contributed by atoms with Crippen LogP contribution in [0.15, 0.2) is 48.7 Å². The van der Waals surface area contributed by atoms with Gasteiger partial charge >= 0.3 is 12.1 Å². The summed E-state index contributed by atoms with van der Waals surface area (Å²) in [4.78, 5) is 26.0. The molecule has 1 aromatic carbocycles. The summed E-state index contributed by atoms with van der Waals surface area (Å²) in [5.74, 6) is 4.83. The number of carbonyl (C=O) groups is 1. The van der Waals surface area contributed by atoms with Crippen molar-refractivity contribution in [1.82, 2.24) is 20.4 Å². The van der Waals surface area contributed by atoms with Crippen LogP contribution in [0.4, 0.5) is 19.0 Å². The lowest BCUT2D eigenvalue weighted by Gasteiger charge is -2.30. The van der Waals surface area contributed by atoms with Crippen molar-refractivity contribution in [1.29, 1.82) is 0 Å². The molecular weight excluding hydrogens is 397 g/mol. The SMILES string of the molecule is NNC(=O)c1nc(-c2ccc(C(F)(F)F)nc2)cc(N2CCc3ccccc3C2)n1. The molecule has 0 bridgehead atoms. The van der Waals surface area contributed by atoms with Crippen molar-refractivity contribution in [3.63, 3.8) is 0 Å². The molecule has 154 valence electrons. The van der Waals surface area contributed by atoms with Crippen LogP contribution in [-0.2, 0) is 19.1 Å². The molecule has 0 fully saturated rings. The first-order valence-corrected chi connectivity index (χ1v) is 9.10.